The van der Waals surface area contributed by atoms with Gasteiger partial charge in [0.2, 0.25) is 0 Å². The van der Waals surface area contributed by atoms with Gasteiger partial charge >= 0.3 is 0 Å². The van der Waals surface area contributed by atoms with Crippen LogP contribution in [0.15, 0.2) is 29.1 Å². The maximum absolute atomic E-state index is 13.1. The summed E-state index contributed by atoms with van der Waals surface area (Å²) in [4.78, 5) is 18.4. The van der Waals surface area contributed by atoms with Crippen LogP contribution >= 0.6 is 0 Å². The summed E-state index contributed by atoms with van der Waals surface area (Å²) in [6.07, 6.45) is 3.44. The topological polar surface area (TPSA) is 88.9 Å². The summed E-state index contributed by atoms with van der Waals surface area (Å²) in [7, 11) is 1.65. The van der Waals surface area contributed by atoms with Crippen LogP contribution in [-0.4, -0.2) is 56.9 Å². The molecule has 3 aromatic rings. The number of fused-ring (bicyclic) bond motifs is 1. The molecule has 0 unspecified atom stereocenters. The third-order valence-corrected chi connectivity index (χ3v) is 5.39. The average Bonchev–Trinajstić information content (AvgIpc) is 3.16. The van der Waals surface area contributed by atoms with E-state index in [0.717, 1.165) is 42.4 Å². The van der Waals surface area contributed by atoms with Gasteiger partial charge in [0.15, 0.2) is 5.82 Å². The molecule has 1 saturated heterocycles. The molecule has 0 aliphatic carbocycles. The Kier molecular flexibility index (Phi) is 5.50. The second-order valence-electron chi connectivity index (χ2n) is 7.40. The molecule has 8 heteroatoms. The van der Waals surface area contributed by atoms with Crippen LogP contribution in [0.25, 0.3) is 10.9 Å². The van der Waals surface area contributed by atoms with Crippen LogP contribution in [0.2, 0.25) is 0 Å². The van der Waals surface area contributed by atoms with E-state index in [1.165, 1.54) is 6.42 Å². The molecule has 3 heterocycles. The molecule has 1 aliphatic rings. The minimum absolute atomic E-state index is 0.0880. The lowest BCUT2D eigenvalue weighted by Crippen LogP contribution is -2.38. The summed E-state index contributed by atoms with van der Waals surface area (Å²) < 4.78 is 6.95. The van der Waals surface area contributed by atoms with Gasteiger partial charge in [-0.1, -0.05) is 18.6 Å². The van der Waals surface area contributed by atoms with Crippen LogP contribution in [0.5, 0.6) is 0 Å². The van der Waals surface area contributed by atoms with Crippen LogP contribution in [-0.2, 0) is 11.3 Å². The van der Waals surface area contributed by atoms with Gasteiger partial charge in [-0.25, -0.2) is 4.68 Å². The molecule has 0 spiro atoms. The van der Waals surface area contributed by atoms with Gasteiger partial charge in [-0.3, -0.25) is 9.69 Å². The number of hydrogen-bond acceptors (Lipinski definition) is 6. The zero-order valence-electron chi connectivity index (χ0n) is 16.4. The highest BCUT2D eigenvalue weighted by atomic mass is 16.5. The van der Waals surface area contributed by atoms with Gasteiger partial charge in [0.25, 0.3) is 5.56 Å². The first-order valence-electron chi connectivity index (χ1n) is 9.80. The fraction of sp³-hybridized carbons (Fsp3) is 0.500. The van der Waals surface area contributed by atoms with Crippen LogP contribution < -0.4 is 5.56 Å². The SMILES string of the molecule is COCCn1nnnc1[C@H](c1cc2ccc(C)cc2[nH]c1=O)N1CCCCC1. The molecular weight excluding hydrogens is 356 g/mol. The molecule has 0 radical (unpaired) electrons. The number of benzene rings is 1. The molecule has 0 bridgehead atoms. The van der Waals surface area contributed by atoms with Crippen molar-refractivity contribution in [1.82, 2.24) is 30.1 Å². The molecule has 1 aliphatic heterocycles. The predicted molar refractivity (Wildman–Crippen MR) is 106 cm³/mol. The van der Waals surface area contributed by atoms with Crippen molar-refractivity contribution in [3.8, 4) is 0 Å². The molecule has 28 heavy (non-hydrogen) atoms. The van der Waals surface area contributed by atoms with Gasteiger partial charge in [-0.05, 0) is 66.4 Å². The van der Waals surface area contributed by atoms with Crippen molar-refractivity contribution in [2.45, 2.75) is 38.8 Å². The smallest absolute Gasteiger partial charge is 0.253 e. The Hall–Kier alpha value is -2.58. The maximum Gasteiger partial charge on any atom is 0.253 e. The van der Waals surface area contributed by atoms with Crippen LogP contribution in [0.3, 0.4) is 0 Å². The second kappa shape index (κ2) is 8.20. The average molecular weight is 382 g/mol. The van der Waals surface area contributed by atoms with E-state index in [-0.39, 0.29) is 11.6 Å². The fourth-order valence-corrected chi connectivity index (χ4v) is 3.95. The van der Waals surface area contributed by atoms with Crippen molar-refractivity contribution in [2.75, 3.05) is 26.8 Å². The van der Waals surface area contributed by atoms with Gasteiger partial charge in [-0.15, -0.1) is 5.10 Å². The van der Waals surface area contributed by atoms with E-state index in [1.807, 2.05) is 25.1 Å². The number of hydrogen-bond donors (Lipinski definition) is 1. The summed E-state index contributed by atoms with van der Waals surface area (Å²) >= 11 is 0. The summed E-state index contributed by atoms with van der Waals surface area (Å²) in [5.41, 5.74) is 2.57. The van der Waals surface area contributed by atoms with Crippen LogP contribution in [0, 0.1) is 6.92 Å². The Bertz CT molecular complexity index is 1010. The quantitative estimate of drug-likeness (QED) is 0.702. The first-order chi connectivity index (χ1) is 13.7. The molecule has 1 N–H and O–H groups in total. The zero-order valence-corrected chi connectivity index (χ0v) is 16.4. The Morgan fingerprint density at radius 2 is 2.04 bits per heavy atom. The summed E-state index contributed by atoms with van der Waals surface area (Å²) in [6, 6.07) is 7.82. The molecular formula is C20H26N6O2. The first kappa shape index (κ1) is 18.8. The van der Waals surface area contributed by atoms with E-state index in [1.54, 1.807) is 11.8 Å². The van der Waals surface area contributed by atoms with E-state index < -0.39 is 0 Å². The number of tetrazole rings is 1. The van der Waals surface area contributed by atoms with Crippen molar-refractivity contribution in [1.29, 1.82) is 0 Å². The standard InChI is InChI=1S/C20H26N6O2/c1-14-6-7-15-13-16(20(27)21-17(15)12-14)18(25-8-4-3-5-9-25)19-22-23-24-26(19)10-11-28-2/h6-7,12-13,18H,3-5,8-11H2,1-2H3,(H,21,27)/t18-/m0/s1. The highest BCUT2D eigenvalue weighted by Gasteiger charge is 2.31. The number of aromatic amines is 1. The number of aryl methyl sites for hydroxylation is 1. The van der Waals surface area contributed by atoms with Gasteiger partial charge in [0, 0.05) is 18.2 Å². The molecule has 1 atom stereocenters. The summed E-state index contributed by atoms with van der Waals surface area (Å²) in [6.45, 7) is 4.93. The number of methoxy groups -OCH3 is 1. The molecule has 8 nitrogen and oxygen atoms in total. The van der Waals surface area contributed by atoms with E-state index in [4.69, 9.17) is 4.74 Å². The Morgan fingerprint density at radius 1 is 1.21 bits per heavy atom. The molecule has 148 valence electrons. The van der Waals surface area contributed by atoms with Crippen molar-refractivity contribution in [2.24, 2.45) is 0 Å². The number of aromatic nitrogens is 5. The number of H-pyrrole nitrogens is 1. The molecule has 0 amide bonds. The molecule has 1 aromatic carbocycles. The molecule has 2 aromatic heterocycles. The Labute approximate surface area is 163 Å². The Morgan fingerprint density at radius 3 is 2.82 bits per heavy atom. The van der Waals surface area contributed by atoms with Crippen LogP contribution in [0.4, 0.5) is 0 Å². The fourth-order valence-electron chi connectivity index (χ4n) is 3.95. The number of rotatable bonds is 6. The lowest BCUT2D eigenvalue weighted by Gasteiger charge is -2.33. The third kappa shape index (κ3) is 3.70. The van der Waals surface area contributed by atoms with E-state index in [9.17, 15) is 4.79 Å². The van der Waals surface area contributed by atoms with Crippen molar-refractivity contribution in [3.63, 3.8) is 0 Å². The zero-order chi connectivity index (χ0) is 19.5. The minimum atomic E-state index is -0.276. The Balaban J connectivity index is 1.83. The largest absolute Gasteiger partial charge is 0.383 e. The van der Waals surface area contributed by atoms with Gasteiger partial charge in [-0.2, -0.15) is 0 Å². The highest BCUT2D eigenvalue weighted by molar-refractivity contribution is 5.79. The first-order valence-corrected chi connectivity index (χ1v) is 9.80. The maximum atomic E-state index is 13.1. The third-order valence-electron chi connectivity index (χ3n) is 5.39. The number of nitrogens with one attached hydrogen (secondary N) is 1. The highest BCUT2D eigenvalue weighted by Crippen LogP contribution is 2.29. The van der Waals surface area contributed by atoms with Gasteiger partial charge in [0.05, 0.1) is 13.2 Å². The number of pyridine rings is 1. The van der Waals surface area contributed by atoms with Crippen molar-refractivity contribution >= 4 is 10.9 Å². The number of nitrogens with zero attached hydrogens (tertiary/aromatic N) is 5. The monoisotopic (exact) mass is 382 g/mol. The van der Waals surface area contributed by atoms with Crippen molar-refractivity contribution in [3.05, 3.63) is 51.6 Å². The number of piperidine rings is 1. The predicted octanol–water partition coefficient (Wildman–Crippen LogP) is 2.04. The second-order valence-corrected chi connectivity index (χ2v) is 7.40. The van der Waals surface area contributed by atoms with Crippen LogP contribution in [0.1, 0.15) is 42.3 Å². The lowest BCUT2D eigenvalue weighted by molar-refractivity contribution is 0.163. The van der Waals surface area contributed by atoms with Crippen molar-refractivity contribution < 1.29 is 4.74 Å². The minimum Gasteiger partial charge on any atom is -0.383 e. The van der Waals surface area contributed by atoms with E-state index >= 15 is 0 Å². The molecule has 4 rings (SSSR count). The lowest BCUT2D eigenvalue weighted by atomic mass is 10.00. The number of likely N-dealkylation sites (tertiary alicyclic amines) is 1. The van der Waals surface area contributed by atoms with E-state index in [2.05, 4.69) is 31.5 Å². The summed E-state index contributed by atoms with van der Waals surface area (Å²) in [5, 5.41) is 13.3. The van der Waals surface area contributed by atoms with Gasteiger partial charge in [0.1, 0.15) is 6.04 Å². The number of ether oxygens (including phenoxy) is 1. The van der Waals surface area contributed by atoms with E-state index in [0.29, 0.717) is 24.5 Å². The van der Waals surface area contributed by atoms with Gasteiger partial charge < -0.3 is 9.72 Å². The normalized spacial score (nSPS) is 16.5. The molecule has 0 saturated carbocycles. The summed E-state index contributed by atoms with van der Waals surface area (Å²) in [5.74, 6) is 0.691. The molecule has 1 fully saturated rings.